The number of carbonyl (C=O) groups is 3. The summed E-state index contributed by atoms with van der Waals surface area (Å²) in [6, 6.07) is 10.9. The first-order chi connectivity index (χ1) is 14.5. The molecule has 2 saturated heterocycles. The van der Waals surface area contributed by atoms with Gasteiger partial charge in [-0.2, -0.15) is 0 Å². The van der Waals surface area contributed by atoms with Gasteiger partial charge in [-0.05, 0) is 30.3 Å². The first kappa shape index (κ1) is 18.6. The predicted octanol–water partition coefficient (Wildman–Crippen LogP) is 2.24. The normalized spacial score (nSPS) is 21.3. The summed E-state index contributed by atoms with van der Waals surface area (Å²) in [5.74, 6) is -1.49. The summed E-state index contributed by atoms with van der Waals surface area (Å²) >= 11 is 0. The van der Waals surface area contributed by atoms with Crippen molar-refractivity contribution >= 4 is 29.3 Å². The standard InChI is InChI=1S/C21H18FN3O5/c22-16-11-13(5-6-17(16)23-7-9-29-10-8-23)24-12-18(30-21(24)28)25-19(26)14-3-1-2-4-15(14)20(25)27/h1-6,11,18H,7-10,12H2. The molecule has 0 N–H and O–H groups in total. The molecule has 1 atom stereocenters. The number of morpholine rings is 1. The first-order valence-electron chi connectivity index (χ1n) is 9.62. The van der Waals surface area contributed by atoms with Gasteiger partial charge in [0.05, 0.1) is 42.3 Å². The highest BCUT2D eigenvalue weighted by Gasteiger charge is 2.46. The lowest BCUT2D eigenvalue weighted by Gasteiger charge is -2.29. The molecule has 3 aliphatic heterocycles. The van der Waals surface area contributed by atoms with Crippen molar-refractivity contribution in [1.29, 1.82) is 0 Å². The summed E-state index contributed by atoms with van der Waals surface area (Å²) in [6.45, 7) is 2.16. The second-order valence-electron chi connectivity index (χ2n) is 7.21. The van der Waals surface area contributed by atoms with Crippen molar-refractivity contribution < 1.29 is 28.2 Å². The van der Waals surface area contributed by atoms with Crippen LogP contribution in [0.2, 0.25) is 0 Å². The Balaban J connectivity index is 1.36. The Morgan fingerprint density at radius 2 is 1.60 bits per heavy atom. The molecule has 0 radical (unpaired) electrons. The number of anilines is 2. The number of cyclic esters (lactones) is 1. The van der Waals surface area contributed by atoms with Crippen LogP contribution in [0.4, 0.5) is 20.6 Å². The van der Waals surface area contributed by atoms with Crippen molar-refractivity contribution in [2.75, 3.05) is 42.6 Å². The maximum atomic E-state index is 14.7. The highest BCUT2D eigenvalue weighted by molar-refractivity contribution is 6.21. The van der Waals surface area contributed by atoms with Crippen molar-refractivity contribution in [3.05, 3.63) is 59.4 Å². The van der Waals surface area contributed by atoms with E-state index in [9.17, 15) is 18.8 Å². The highest BCUT2D eigenvalue weighted by Crippen LogP contribution is 2.32. The summed E-state index contributed by atoms with van der Waals surface area (Å²) < 4.78 is 25.3. The summed E-state index contributed by atoms with van der Waals surface area (Å²) in [7, 11) is 0. The van der Waals surface area contributed by atoms with Crippen molar-refractivity contribution in [1.82, 2.24) is 4.90 Å². The molecule has 5 rings (SSSR count). The monoisotopic (exact) mass is 411 g/mol. The zero-order valence-electron chi connectivity index (χ0n) is 15.9. The fraction of sp³-hybridized carbons (Fsp3) is 0.286. The Morgan fingerprint density at radius 3 is 2.23 bits per heavy atom. The summed E-state index contributed by atoms with van der Waals surface area (Å²) in [5, 5.41) is 0. The molecule has 2 aromatic carbocycles. The van der Waals surface area contributed by atoms with Gasteiger partial charge in [0.15, 0.2) is 0 Å². The third-order valence-corrected chi connectivity index (χ3v) is 5.50. The number of carbonyl (C=O) groups excluding carboxylic acids is 3. The quantitative estimate of drug-likeness (QED) is 0.721. The zero-order chi connectivity index (χ0) is 20.8. The number of hydrogen-bond acceptors (Lipinski definition) is 6. The van der Waals surface area contributed by atoms with Gasteiger partial charge in [-0.25, -0.2) is 14.1 Å². The average Bonchev–Trinajstić information content (AvgIpc) is 3.26. The number of rotatable bonds is 3. The highest BCUT2D eigenvalue weighted by atomic mass is 19.1. The summed E-state index contributed by atoms with van der Waals surface area (Å²) in [5.41, 5.74) is 1.29. The van der Waals surface area contributed by atoms with Crippen LogP contribution in [0.15, 0.2) is 42.5 Å². The topological polar surface area (TPSA) is 79.4 Å². The van der Waals surface area contributed by atoms with E-state index in [2.05, 4.69) is 0 Å². The van der Waals surface area contributed by atoms with Gasteiger partial charge < -0.3 is 14.4 Å². The van der Waals surface area contributed by atoms with Crippen molar-refractivity contribution in [2.45, 2.75) is 6.23 Å². The van der Waals surface area contributed by atoms with Gasteiger partial charge in [-0.15, -0.1) is 0 Å². The van der Waals surface area contributed by atoms with Crippen LogP contribution in [0, 0.1) is 5.82 Å². The number of amides is 3. The van der Waals surface area contributed by atoms with E-state index in [0.717, 1.165) is 4.90 Å². The molecular weight excluding hydrogens is 393 g/mol. The second kappa shape index (κ2) is 7.10. The molecule has 0 aromatic heterocycles. The third-order valence-electron chi connectivity index (χ3n) is 5.50. The molecule has 0 aliphatic carbocycles. The molecule has 0 saturated carbocycles. The summed E-state index contributed by atoms with van der Waals surface area (Å²) in [6.07, 6.45) is -1.82. The number of nitrogens with zero attached hydrogens (tertiary/aromatic N) is 3. The second-order valence-corrected chi connectivity index (χ2v) is 7.21. The molecule has 1 unspecified atom stereocenters. The van der Waals surface area contributed by atoms with Crippen molar-refractivity contribution in [3.63, 3.8) is 0 Å². The molecule has 0 spiro atoms. The van der Waals surface area contributed by atoms with E-state index in [1.165, 1.54) is 11.0 Å². The van der Waals surface area contributed by atoms with E-state index in [4.69, 9.17) is 9.47 Å². The third kappa shape index (κ3) is 2.89. The van der Waals surface area contributed by atoms with Gasteiger partial charge in [0.2, 0.25) is 6.23 Å². The van der Waals surface area contributed by atoms with Crippen LogP contribution >= 0.6 is 0 Å². The van der Waals surface area contributed by atoms with Gasteiger partial charge in [0.25, 0.3) is 11.8 Å². The zero-order valence-corrected chi connectivity index (χ0v) is 15.9. The fourth-order valence-electron chi connectivity index (χ4n) is 3.99. The average molecular weight is 411 g/mol. The van der Waals surface area contributed by atoms with Crippen LogP contribution in [0.1, 0.15) is 20.7 Å². The fourth-order valence-corrected chi connectivity index (χ4v) is 3.99. The van der Waals surface area contributed by atoms with Crippen molar-refractivity contribution in [3.8, 4) is 0 Å². The minimum absolute atomic E-state index is 0.0688. The van der Waals surface area contributed by atoms with Gasteiger partial charge in [0, 0.05) is 13.1 Å². The molecule has 3 heterocycles. The first-order valence-corrected chi connectivity index (χ1v) is 9.62. The Bertz CT molecular complexity index is 1020. The van der Waals surface area contributed by atoms with E-state index in [1.807, 2.05) is 4.90 Å². The van der Waals surface area contributed by atoms with Crippen LogP contribution in [0.5, 0.6) is 0 Å². The Morgan fingerprint density at radius 1 is 0.933 bits per heavy atom. The van der Waals surface area contributed by atoms with Crippen molar-refractivity contribution in [2.24, 2.45) is 0 Å². The lowest BCUT2D eigenvalue weighted by Crippen LogP contribution is -2.42. The van der Waals surface area contributed by atoms with Crippen LogP contribution in [0.3, 0.4) is 0 Å². The van der Waals surface area contributed by atoms with Gasteiger partial charge >= 0.3 is 6.09 Å². The number of ether oxygens (including phenoxy) is 2. The molecule has 8 nitrogen and oxygen atoms in total. The minimum atomic E-state index is -1.08. The molecule has 30 heavy (non-hydrogen) atoms. The molecule has 0 bridgehead atoms. The lowest BCUT2D eigenvalue weighted by atomic mass is 10.1. The minimum Gasteiger partial charge on any atom is -0.422 e. The van der Waals surface area contributed by atoms with E-state index in [0.29, 0.717) is 37.7 Å². The number of benzene rings is 2. The lowest BCUT2D eigenvalue weighted by molar-refractivity contribution is 0.0230. The van der Waals surface area contributed by atoms with E-state index in [1.54, 1.807) is 36.4 Å². The van der Waals surface area contributed by atoms with E-state index < -0.39 is 30.0 Å². The molecular formula is C21H18FN3O5. The molecule has 3 amide bonds. The molecule has 3 aliphatic rings. The maximum Gasteiger partial charge on any atom is 0.416 e. The Labute approximate surface area is 171 Å². The SMILES string of the molecule is O=C1OC(N2C(=O)c3ccccc3C2=O)CN1c1ccc(N2CCOCC2)c(F)c1. The van der Waals surface area contributed by atoms with E-state index in [-0.39, 0.29) is 17.7 Å². The predicted molar refractivity (Wildman–Crippen MR) is 104 cm³/mol. The van der Waals surface area contributed by atoms with E-state index >= 15 is 0 Å². The van der Waals surface area contributed by atoms with Crippen LogP contribution in [0.25, 0.3) is 0 Å². The Kier molecular flexibility index (Phi) is 4.39. The van der Waals surface area contributed by atoms with Crippen LogP contribution in [-0.4, -0.2) is 61.9 Å². The van der Waals surface area contributed by atoms with Crippen LogP contribution in [-0.2, 0) is 9.47 Å². The number of halogens is 1. The van der Waals surface area contributed by atoms with Gasteiger partial charge in [-0.3, -0.25) is 14.5 Å². The van der Waals surface area contributed by atoms with Gasteiger partial charge in [-0.1, -0.05) is 12.1 Å². The number of fused-ring (bicyclic) bond motifs is 1. The molecule has 2 fully saturated rings. The Hall–Kier alpha value is -3.46. The summed E-state index contributed by atoms with van der Waals surface area (Å²) in [4.78, 5) is 41.8. The maximum absolute atomic E-state index is 14.7. The number of hydrogen-bond donors (Lipinski definition) is 0. The molecule has 2 aromatic rings. The molecule has 9 heteroatoms. The number of imide groups is 1. The molecule has 154 valence electrons. The largest absolute Gasteiger partial charge is 0.422 e. The van der Waals surface area contributed by atoms with Crippen LogP contribution < -0.4 is 9.80 Å². The smallest absolute Gasteiger partial charge is 0.416 e. The van der Waals surface area contributed by atoms with Gasteiger partial charge in [0.1, 0.15) is 5.82 Å².